The summed E-state index contributed by atoms with van der Waals surface area (Å²) in [6, 6.07) is 21.0. The lowest BCUT2D eigenvalue weighted by molar-refractivity contribution is 0.415. The molecule has 0 fully saturated rings. The molecule has 0 aliphatic rings. The van der Waals surface area contributed by atoms with Crippen molar-refractivity contribution in [1.82, 2.24) is 4.98 Å². The molecule has 0 saturated heterocycles. The normalized spacial score (nSPS) is 11.0. The summed E-state index contributed by atoms with van der Waals surface area (Å²) < 4.78 is 5.29. The Balaban J connectivity index is 1.74. The molecule has 108 valence electrons. The van der Waals surface area contributed by atoms with Crippen LogP contribution in [0.25, 0.3) is 32.6 Å². The average Bonchev–Trinajstić information content (AvgIpc) is 3.21. The van der Waals surface area contributed by atoms with Gasteiger partial charge in [0.25, 0.3) is 0 Å². The van der Waals surface area contributed by atoms with Gasteiger partial charge in [-0.25, -0.2) is 0 Å². The fourth-order valence-electron chi connectivity index (χ4n) is 2.63. The summed E-state index contributed by atoms with van der Waals surface area (Å²) in [6.45, 7) is 0. The lowest BCUT2D eigenvalue weighted by Gasteiger charge is -1.97. The smallest absolute Gasteiger partial charge is 0.119 e. The van der Waals surface area contributed by atoms with Crippen LogP contribution in [0.15, 0.2) is 66.0 Å². The SMILES string of the molecule is COc1ccc2[nH]c(-c3cc(-c4ccccc4)cs3)cc2c1. The van der Waals surface area contributed by atoms with E-state index in [4.69, 9.17) is 4.74 Å². The molecule has 0 atom stereocenters. The Kier molecular flexibility index (Phi) is 3.20. The predicted molar refractivity (Wildman–Crippen MR) is 93.6 cm³/mol. The third-order valence-corrected chi connectivity index (χ3v) is 4.76. The van der Waals surface area contributed by atoms with Crippen LogP contribution >= 0.6 is 11.3 Å². The number of methoxy groups -OCH3 is 1. The number of aromatic nitrogens is 1. The second kappa shape index (κ2) is 5.35. The molecule has 0 aliphatic carbocycles. The molecule has 22 heavy (non-hydrogen) atoms. The third-order valence-electron chi connectivity index (χ3n) is 3.80. The van der Waals surface area contributed by atoms with E-state index in [1.807, 2.05) is 12.1 Å². The molecule has 2 aromatic carbocycles. The van der Waals surface area contributed by atoms with Crippen molar-refractivity contribution in [2.45, 2.75) is 0 Å². The molecule has 2 nitrogen and oxygen atoms in total. The van der Waals surface area contributed by atoms with Gasteiger partial charge in [-0.05, 0) is 46.8 Å². The molecular weight excluding hydrogens is 290 g/mol. The number of rotatable bonds is 3. The summed E-state index contributed by atoms with van der Waals surface area (Å²) in [5.41, 5.74) is 4.79. The molecule has 0 bridgehead atoms. The fourth-order valence-corrected chi connectivity index (χ4v) is 3.52. The van der Waals surface area contributed by atoms with Gasteiger partial charge in [-0.3, -0.25) is 0 Å². The summed E-state index contributed by atoms with van der Waals surface area (Å²) in [5, 5.41) is 3.38. The number of benzene rings is 2. The number of hydrogen-bond acceptors (Lipinski definition) is 2. The van der Waals surface area contributed by atoms with Gasteiger partial charge in [-0.15, -0.1) is 11.3 Å². The standard InChI is InChI=1S/C19H15NOS/c1-21-16-7-8-17-14(9-16)10-18(20-17)19-11-15(12-22-19)13-5-3-2-4-6-13/h2-12,20H,1H3. The van der Waals surface area contributed by atoms with Crippen molar-refractivity contribution >= 4 is 22.2 Å². The summed E-state index contributed by atoms with van der Waals surface area (Å²) in [5.74, 6) is 0.884. The summed E-state index contributed by atoms with van der Waals surface area (Å²) >= 11 is 1.76. The Hall–Kier alpha value is -2.52. The lowest BCUT2D eigenvalue weighted by atomic mass is 10.1. The second-order valence-electron chi connectivity index (χ2n) is 5.20. The van der Waals surface area contributed by atoms with Gasteiger partial charge >= 0.3 is 0 Å². The number of H-pyrrole nitrogens is 1. The highest BCUT2D eigenvalue weighted by Gasteiger charge is 2.08. The van der Waals surface area contributed by atoms with E-state index in [-0.39, 0.29) is 0 Å². The van der Waals surface area contributed by atoms with E-state index in [2.05, 4.69) is 58.9 Å². The molecule has 0 unspecified atom stereocenters. The largest absolute Gasteiger partial charge is 0.497 e. The minimum atomic E-state index is 0.884. The predicted octanol–water partition coefficient (Wildman–Crippen LogP) is 5.57. The molecule has 3 heteroatoms. The van der Waals surface area contributed by atoms with Crippen LogP contribution in [0.2, 0.25) is 0 Å². The Bertz CT molecular complexity index is 921. The zero-order chi connectivity index (χ0) is 14.9. The monoisotopic (exact) mass is 305 g/mol. The van der Waals surface area contributed by atoms with Crippen molar-refractivity contribution in [3.63, 3.8) is 0 Å². The Morgan fingerprint density at radius 3 is 2.59 bits per heavy atom. The van der Waals surface area contributed by atoms with Crippen molar-refractivity contribution in [1.29, 1.82) is 0 Å². The van der Waals surface area contributed by atoms with E-state index in [1.165, 1.54) is 21.4 Å². The lowest BCUT2D eigenvalue weighted by Crippen LogP contribution is -1.80. The molecule has 2 heterocycles. The first-order valence-electron chi connectivity index (χ1n) is 7.14. The number of fused-ring (bicyclic) bond motifs is 1. The number of hydrogen-bond donors (Lipinski definition) is 1. The van der Waals surface area contributed by atoms with Crippen molar-refractivity contribution in [3.05, 3.63) is 66.0 Å². The van der Waals surface area contributed by atoms with Crippen LogP contribution in [-0.2, 0) is 0 Å². The molecule has 0 amide bonds. The van der Waals surface area contributed by atoms with E-state index in [0.717, 1.165) is 17.0 Å². The summed E-state index contributed by atoms with van der Waals surface area (Å²) in [4.78, 5) is 4.73. The highest BCUT2D eigenvalue weighted by molar-refractivity contribution is 7.14. The van der Waals surface area contributed by atoms with Gasteiger partial charge < -0.3 is 9.72 Å². The average molecular weight is 305 g/mol. The van der Waals surface area contributed by atoms with E-state index >= 15 is 0 Å². The minimum absolute atomic E-state index is 0.884. The molecular formula is C19H15NOS. The van der Waals surface area contributed by atoms with Gasteiger partial charge in [0.15, 0.2) is 0 Å². The maximum absolute atomic E-state index is 5.29. The van der Waals surface area contributed by atoms with Gasteiger partial charge in [0.05, 0.1) is 17.7 Å². The van der Waals surface area contributed by atoms with E-state index in [1.54, 1.807) is 18.4 Å². The topological polar surface area (TPSA) is 25.0 Å². The molecule has 2 aromatic heterocycles. The van der Waals surface area contributed by atoms with E-state index in [9.17, 15) is 0 Å². The first-order valence-corrected chi connectivity index (χ1v) is 8.02. The molecule has 0 saturated carbocycles. The van der Waals surface area contributed by atoms with Gasteiger partial charge in [0.2, 0.25) is 0 Å². The quantitative estimate of drug-likeness (QED) is 0.525. The number of ether oxygens (including phenoxy) is 1. The second-order valence-corrected chi connectivity index (χ2v) is 6.11. The third kappa shape index (κ3) is 2.30. The van der Waals surface area contributed by atoms with Crippen LogP contribution in [0.3, 0.4) is 0 Å². The molecule has 0 aliphatic heterocycles. The highest BCUT2D eigenvalue weighted by atomic mass is 32.1. The Labute approximate surface area is 133 Å². The fraction of sp³-hybridized carbons (Fsp3) is 0.0526. The number of nitrogens with one attached hydrogen (secondary N) is 1. The minimum Gasteiger partial charge on any atom is -0.497 e. The maximum Gasteiger partial charge on any atom is 0.119 e. The molecule has 4 aromatic rings. The number of thiophene rings is 1. The van der Waals surface area contributed by atoms with Gasteiger partial charge in [0.1, 0.15) is 5.75 Å². The Morgan fingerprint density at radius 1 is 0.909 bits per heavy atom. The van der Waals surface area contributed by atoms with Gasteiger partial charge in [-0.2, -0.15) is 0 Å². The van der Waals surface area contributed by atoms with E-state index < -0.39 is 0 Å². The number of aromatic amines is 1. The van der Waals surface area contributed by atoms with Crippen molar-refractivity contribution in [2.75, 3.05) is 7.11 Å². The van der Waals surface area contributed by atoms with E-state index in [0.29, 0.717) is 0 Å². The van der Waals surface area contributed by atoms with Crippen LogP contribution in [-0.4, -0.2) is 12.1 Å². The van der Waals surface area contributed by atoms with Crippen molar-refractivity contribution in [3.8, 4) is 27.4 Å². The molecule has 4 rings (SSSR count). The summed E-state index contributed by atoms with van der Waals surface area (Å²) in [7, 11) is 1.69. The molecule has 1 N–H and O–H groups in total. The van der Waals surface area contributed by atoms with Gasteiger partial charge in [0, 0.05) is 10.9 Å². The molecule has 0 spiro atoms. The van der Waals surface area contributed by atoms with Crippen LogP contribution in [0.5, 0.6) is 5.75 Å². The Morgan fingerprint density at radius 2 is 1.77 bits per heavy atom. The zero-order valence-corrected chi connectivity index (χ0v) is 13.0. The van der Waals surface area contributed by atoms with Crippen molar-refractivity contribution in [2.24, 2.45) is 0 Å². The first kappa shape index (κ1) is 13.2. The summed E-state index contributed by atoms with van der Waals surface area (Å²) in [6.07, 6.45) is 0. The van der Waals surface area contributed by atoms with Crippen LogP contribution in [0, 0.1) is 0 Å². The van der Waals surface area contributed by atoms with Crippen LogP contribution in [0.1, 0.15) is 0 Å². The van der Waals surface area contributed by atoms with Crippen LogP contribution in [0.4, 0.5) is 0 Å². The van der Waals surface area contributed by atoms with Crippen LogP contribution < -0.4 is 4.74 Å². The zero-order valence-electron chi connectivity index (χ0n) is 12.2. The van der Waals surface area contributed by atoms with Crippen molar-refractivity contribution < 1.29 is 4.74 Å². The highest BCUT2D eigenvalue weighted by Crippen LogP contribution is 2.34. The first-order chi connectivity index (χ1) is 10.8. The maximum atomic E-state index is 5.29. The van der Waals surface area contributed by atoms with Gasteiger partial charge in [-0.1, -0.05) is 30.3 Å². The molecule has 0 radical (unpaired) electrons.